The van der Waals surface area contributed by atoms with Gasteiger partial charge < -0.3 is 15.5 Å². The van der Waals surface area contributed by atoms with Crippen LogP contribution in [0, 0.1) is 5.82 Å². The molecule has 0 aliphatic heterocycles. The monoisotopic (exact) mass is 304 g/mol. The molecule has 0 spiro atoms. The maximum absolute atomic E-state index is 12.8. The summed E-state index contributed by atoms with van der Waals surface area (Å²) in [5.41, 5.74) is 0.973. The lowest BCUT2D eigenvalue weighted by atomic mass is 10.2. The van der Waals surface area contributed by atoms with Gasteiger partial charge in [-0.1, -0.05) is 12.1 Å². The van der Waals surface area contributed by atoms with E-state index in [0.717, 1.165) is 25.1 Å². The van der Waals surface area contributed by atoms with Gasteiger partial charge in [0.25, 0.3) is 0 Å². The number of anilines is 2. The van der Waals surface area contributed by atoms with Crippen LogP contribution in [0.25, 0.3) is 0 Å². The minimum atomic E-state index is -0.239. The van der Waals surface area contributed by atoms with E-state index in [1.807, 2.05) is 14.1 Å². The average molecular weight is 304 g/mol. The Balaban J connectivity index is 1.81. The quantitative estimate of drug-likeness (QED) is 0.727. The van der Waals surface area contributed by atoms with Gasteiger partial charge in [-0.15, -0.1) is 5.10 Å². The van der Waals surface area contributed by atoms with E-state index >= 15 is 0 Å². The predicted molar refractivity (Wildman–Crippen MR) is 85.2 cm³/mol. The first kappa shape index (κ1) is 16.1. The van der Waals surface area contributed by atoms with Crippen LogP contribution in [-0.4, -0.2) is 47.3 Å². The van der Waals surface area contributed by atoms with Gasteiger partial charge in [0.1, 0.15) is 5.82 Å². The minimum Gasteiger partial charge on any atom is -0.365 e. The number of hydrogen-bond donors (Lipinski definition) is 2. The Labute approximate surface area is 129 Å². The zero-order valence-electron chi connectivity index (χ0n) is 12.9. The van der Waals surface area contributed by atoms with Crippen molar-refractivity contribution in [1.29, 1.82) is 0 Å². The fraction of sp³-hybridized carbons (Fsp3) is 0.400. The van der Waals surface area contributed by atoms with Crippen molar-refractivity contribution in [2.75, 3.05) is 37.8 Å². The Kier molecular flexibility index (Phi) is 6.02. The van der Waals surface area contributed by atoms with Crippen LogP contribution in [0.2, 0.25) is 0 Å². The van der Waals surface area contributed by atoms with E-state index in [1.165, 1.54) is 12.1 Å². The molecule has 118 valence electrons. The normalized spacial score (nSPS) is 10.7. The number of nitrogens with one attached hydrogen (secondary N) is 2. The number of hydrogen-bond acceptors (Lipinski definition) is 6. The topological polar surface area (TPSA) is 66.0 Å². The second kappa shape index (κ2) is 8.23. The van der Waals surface area contributed by atoms with Crippen LogP contribution in [0.1, 0.15) is 12.0 Å². The Hall–Kier alpha value is -2.28. The zero-order chi connectivity index (χ0) is 15.8. The van der Waals surface area contributed by atoms with Gasteiger partial charge in [-0.3, -0.25) is 0 Å². The molecule has 6 nitrogen and oxygen atoms in total. The van der Waals surface area contributed by atoms with Crippen molar-refractivity contribution in [3.05, 3.63) is 41.8 Å². The molecule has 22 heavy (non-hydrogen) atoms. The number of benzene rings is 1. The van der Waals surface area contributed by atoms with Gasteiger partial charge in [0, 0.05) is 13.1 Å². The van der Waals surface area contributed by atoms with Crippen molar-refractivity contribution in [3.63, 3.8) is 0 Å². The van der Waals surface area contributed by atoms with Crippen LogP contribution in [0.4, 0.5) is 16.2 Å². The fourth-order valence-electron chi connectivity index (χ4n) is 1.85. The Morgan fingerprint density at radius 1 is 1.14 bits per heavy atom. The highest BCUT2D eigenvalue weighted by Crippen LogP contribution is 2.08. The van der Waals surface area contributed by atoms with E-state index in [-0.39, 0.29) is 5.82 Å². The first-order valence-electron chi connectivity index (χ1n) is 7.20. The molecule has 0 unspecified atom stereocenters. The van der Waals surface area contributed by atoms with Gasteiger partial charge in [-0.2, -0.15) is 10.1 Å². The largest absolute Gasteiger partial charge is 0.365 e. The molecule has 1 aromatic heterocycles. The standard InChI is InChI=1S/C15H21FN6/c1-22(2)9-3-8-17-15-20-14(11-19-21-15)18-10-12-4-6-13(16)7-5-12/h4-7,11H,3,8-10H2,1-2H3,(H2,17,18,20,21). The molecule has 0 aliphatic carbocycles. The number of aromatic nitrogens is 3. The molecular formula is C15H21FN6. The fourth-order valence-corrected chi connectivity index (χ4v) is 1.85. The summed E-state index contributed by atoms with van der Waals surface area (Å²) in [5, 5.41) is 14.2. The molecule has 0 aliphatic rings. The first-order valence-corrected chi connectivity index (χ1v) is 7.20. The third-order valence-electron chi connectivity index (χ3n) is 3.01. The molecule has 0 atom stereocenters. The maximum Gasteiger partial charge on any atom is 0.244 e. The van der Waals surface area contributed by atoms with Crippen LogP contribution in [0.5, 0.6) is 0 Å². The second-order valence-corrected chi connectivity index (χ2v) is 5.23. The Morgan fingerprint density at radius 3 is 2.64 bits per heavy atom. The lowest BCUT2D eigenvalue weighted by Crippen LogP contribution is -2.17. The lowest BCUT2D eigenvalue weighted by Gasteiger charge is -2.10. The van der Waals surface area contributed by atoms with Crippen molar-refractivity contribution < 1.29 is 4.39 Å². The van der Waals surface area contributed by atoms with E-state index in [0.29, 0.717) is 18.3 Å². The van der Waals surface area contributed by atoms with Crippen LogP contribution in [0.15, 0.2) is 30.5 Å². The third-order valence-corrected chi connectivity index (χ3v) is 3.01. The summed E-state index contributed by atoms with van der Waals surface area (Å²) in [6.45, 7) is 2.35. The van der Waals surface area contributed by atoms with Crippen LogP contribution in [0.3, 0.4) is 0 Å². The molecule has 0 fully saturated rings. The molecular weight excluding hydrogens is 283 g/mol. The van der Waals surface area contributed by atoms with Crippen molar-refractivity contribution in [2.45, 2.75) is 13.0 Å². The summed E-state index contributed by atoms with van der Waals surface area (Å²) in [7, 11) is 4.08. The van der Waals surface area contributed by atoms with Gasteiger partial charge in [0.2, 0.25) is 5.95 Å². The summed E-state index contributed by atoms with van der Waals surface area (Å²) in [5.74, 6) is 0.897. The van der Waals surface area contributed by atoms with E-state index in [1.54, 1.807) is 18.3 Å². The predicted octanol–water partition coefficient (Wildman–Crippen LogP) is 1.99. The van der Waals surface area contributed by atoms with E-state index in [2.05, 4.69) is 30.7 Å². The summed E-state index contributed by atoms with van der Waals surface area (Å²) in [6.07, 6.45) is 2.57. The Morgan fingerprint density at radius 2 is 1.91 bits per heavy atom. The van der Waals surface area contributed by atoms with Crippen molar-refractivity contribution >= 4 is 11.8 Å². The smallest absolute Gasteiger partial charge is 0.244 e. The molecule has 0 saturated heterocycles. The summed E-state index contributed by atoms with van der Waals surface area (Å²) in [6, 6.07) is 6.34. The summed E-state index contributed by atoms with van der Waals surface area (Å²) < 4.78 is 12.8. The van der Waals surface area contributed by atoms with Crippen molar-refractivity contribution in [3.8, 4) is 0 Å². The van der Waals surface area contributed by atoms with E-state index in [4.69, 9.17) is 0 Å². The highest BCUT2D eigenvalue weighted by atomic mass is 19.1. The van der Waals surface area contributed by atoms with Crippen LogP contribution >= 0.6 is 0 Å². The molecule has 0 amide bonds. The van der Waals surface area contributed by atoms with Crippen molar-refractivity contribution in [1.82, 2.24) is 20.1 Å². The average Bonchev–Trinajstić information content (AvgIpc) is 2.51. The third kappa shape index (κ3) is 5.61. The molecule has 7 heteroatoms. The van der Waals surface area contributed by atoms with Gasteiger partial charge in [0.05, 0.1) is 6.20 Å². The number of nitrogens with zero attached hydrogens (tertiary/aromatic N) is 4. The molecule has 2 N–H and O–H groups in total. The number of halogens is 1. The molecule has 0 radical (unpaired) electrons. The summed E-state index contributed by atoms with van der Waals surface area (Å²) in [4.78, 5) is 6.46. The summed E-state index contributed by atoms with van der Waals surface area (Å²) >= 11 is 0. The molecule has 2 rings (SSSR count). The Bertz CT molecular complexity index is 573. The minimum absolute atomic E-state index is 0.239. The van der Waals surface area contributed by atoms with Crippen molar-refractivity contribution in [2.24, 2.45) is 0 Å². The van der Waals surface area contributed by atoms with E-state index in [9.17, 15) is 4.39 Å². The van der Waals surface area contributed by atoms with Crippen LogP contribution < -0.4 is 10.6 Å². The highest BCUT2D eigenvalue weighted by molar-refractivity contribution is 5.37. The lowest BCUT2D eigenvalue weighted by molar-refractivity contribution is 0.405. The van der Waals surface area contributed by atoms with Gasteiger partial charge in [0.15, 0.2) is 5.82 Å². The molecule has 0 saturated carbocycles. The van der Waals surface area contributed by atoms with Gasteiger partial charge in [-0.25, -0.2) is 4.39 Å². The maximum atomic E-state index is 12.8. The van der Waals surface area contributed by atoms with Gasteiger partial charge in [-0.05, 0) is 44.8 Å². The second-order valence-electron chi connectivity index (χ2n) is 5.23. The first-order chi connectivity index (χ1) is 10.6. The SMILES string of the molecule is CN(C)CCCNc1nncc(NCc2ccc(F)cc2)n1. The molecule has 0 bridgehead atoms. The van der Waals surface area contributed by atoms with Gasteiger partial charge >= 0.3 is 0 Å². The number of rotatable bonds is 8. The van der Waals surface area contributed by atoms with Crippen LogP contribution in [-0.2, 0) is 6.54 Å². The van der Waals surface area contributed by atoms with E-state index < -0.39 is 0 Å². The molecule has 2 aromatic rings. The molecule has 1 aromatic carbocycles. The highest BCUT2D eigenvalue weighted by Gasteiger charge is 2.01. The molecule has 1 heterocycles. The zero-order valence-corrected chi connectivity index (χ0v) is 12.9.